The Balaban J connectivity index is 1.84. The summed E-state index contributed by atoms with van der Waals surface area (Å²) in [4.78, 5) is 25.7. The molecule has 4 rings (SSSR count). The molecule has 0 spiro atoms. The van der Waals surface area contributed by atoms with Gasteiger partial charge in [-0.15, -0.1) is 0 Å². The molecule has 1 heterocycles. The summed E-state index contributed by atoms with van der Waals surface area (Å²) in [7, 11) is -3.04. The van der Waals surface area contributed by atoms with Crippen LogP contribution in [0.15, 0.2) is 88.4 Å². The van der Waals surface area contributed by atoms with Crippen LogP contribution in [0, 0.1) is 12.7 Å². The minimum Gasteiger partial charge on any atom is -0.502 e. The number of carbonyl (C=O) groups excluding carboxylic acids is 2. The van der Waals surface area contributed by atoms with Crippen LogP contribution in [-0.4, -0.2) is 37.4 Å². The van der Waals surface area contributed by atoms with Gasteiger partial charge in [-0.05, 0) is 54.4 Å². The fraction of sp³-hybridized carbons (Fsp3) is 0.154. The van der Waals surface area contributed by atoms with E-state index in [0.29, 0.717) is 11.1 Å². The van der Waals surface area contributed by atoms with Crippen LogP contribution in [-0.2, 0) is 25.9 Å². The van der Waals surface area contributed by atoms with Crippen molar-refractivity contribution in [1.29, 1.82) is 0 Å². The molecule has 0 fully saturated rings. The highest BCUT2D eigenvalue weighted by Crippen LogP contribution is 2.43. The quantitative estimate of drug-likeness (QED) is 0.513. The van der Waals surface area contributed by atoms with Crippen LogP contribution < -0.4 is 0 Å². The summed E-state index contributed by atoms with van der Waals surface area (Å²) in [5.74, 6) is -2.79. The molecule has 0 unspecified atom stereocenters. The predicted molar refractivity (Wildman–Crippen MR) is 125 cm³/mol. The molecule has 7 nitrogen and oxygen atoms in total. The van der Waals surface area contributed by atoms with Gasteiger partial charge in [-0.2, -0.15) is 0 Å². The third-order valence-corrected chi connectivity index (χ3v) is 7.68. The van der Waals surface area contributed by atoms with E-state index in [2.05, 4.69) is 0 Å². The Hall–Kier alpha value is -3.98. The fourth-order valence-electron chi connectivity index (χ4n) is 3.95. The Bertz CT molecular complexity index is 1410. The second-order valence-electron chi connectivity index (χ2n) is 8.10. The maximum atomic E-state index is 13.6. The van der Waals surface area contributed by atoms with E-state index in [4.69, 9.17) is 4.74 Å². The van der Waals surface area contributed by atoms with Crippen LogP contribution in [0.25, 0.3) is 0 Å². The van der Waals surface area contributed by atoms with Crippen molar-refractivity contribution in [3.8, 4) is 0 Å². The Morgan fingerprint density at radius 2 is 1.60 bits per heavy atom. The van der Waals surface area contributed by atoms with E-state index in [1.54, 1.807) is 12.1 Å². The minimum atomic E-state index is -4.28. The number of aryl methyl sites for hydroxylation is 1. The Morgan fingerprint density at radius 1 is 1.00 bits per heavy atom. The molecular formula is C26H22FNO6S. The molecule has 1 N–H and O–H groups in total. The smallest absolute Gasteiger partial charge is 0.337 e. The number of halogens is 1. The SMILES string of the molecule is COC(=O)c1ccc([C@@H]2C(S(=O)(=O)c3ccc(C)cc3)=C(O)C(=O)N2Cc2ccc(F)cc2)cc1. The lowest BCUT2D eigenvalue weighted by Crippen LogP contribution is -2.30. The molecule has 1 amide bonds. The molecule has 1 aliphatic heterocycles. The molecule has 3 aromatic carbocycles. The van der Waals surface area contributed by atoms with Crippen molar-refractivity contribution in [2.24, 2.45) is 0 Å². The Labute approximate surface area is 202 Å². The topological polar surface area (TPSA) is 101 Å². The highest BCUT2D eigenvalue weighted by atomic mass is 32.2. The largest absolute Gasteiger partial charge is 0.502 e. The van der Waals surface area contributed by atoms with E-state index >= 15 is 0 Å². The summed E-state index contributed by atoms with van der Waals surface area (Å²) in [5, 5.41) is 10.8. The normalized spacial score (nSPS) is 16.0. The van der Waals surface area contributed by atoms with Crippen molar-refractivity contribution in [3.05, 3.63) is 112 Å². The molecule has 0 saturated heterocycles. The second kappa shape index (κ2) is 9.34. The van der Waals surface area contributed by atoms with Crippen LogP contribution in [0.4, 0.5) is 4.39 Å². The first-order valence-corrected chi connectivity index (χ1v) is 12.1. The number of aliphatic hydroxyl groups excluding tert-OH is 1. The minimum absolute atomic E-state index is 0.0720. The van der Waals surface area contributed by atoms with Gasteiger partial charge >= 0.3 is 5.97 Å². The summed E-state index contributed by atoms with van der Waals surface area (Å²) in [6.45, 7) is 1.72. The number of methoxy groups -OCH3 is 1. The summed E-state index contributed by atoms with van der Waals surface area (Å²) >= 11 is 0. The van der Waals surface area contributed by atoms with Gasteiger partial charge in [0.1, 0.15) is 10.7 Å². The number of esters is 1. The highest BCUT2D eigenvalue weighted by Gasteiger charge is 2.46. The Morgan fingerprint density at radius 3 is 2.17 bits per heavy atom. The number of ether oxygens (including phenoxy) is 1. The summed E-state index contributed by atoms with van der Waals surface area (Å²) in [5.41, 5.74) is 1.99. The fourth-order valence-corrected chi connectivity index (χ4v) is 5.60. The van der Waals surface area contributed by atoms with E-state index in [1.165, 1.54) is 72.7 Å². The molecule has 0 aliphatic carbocycles. The summed E-state index contributed by atoms with van der Waals surface area (Å²) in [6, 6.07) is 16.2. The predicted octanol–water partition coefficient (Wildman–Crippen LogP) is 4.25. The van der Waals surface area contributed by atoms with E-state index < -0.39 is 44.2 Å². The number of hydrogen-bond donors (Lipinski definition) is 1. The third-order valence-electron chi connectivity index (χ3n) is 5.79. The average molecular weight is 496 g/mol. The molecule has 0 radical (unpaired) electrons. The molecule has 180 valence electrons. The number of benzene rings is 3. The van der Waals surface area contributed by atoms with Gasteiger partial charge in [0.15, 0.2) is 5.76 Å². The van der Waals surface area contributed by atoms with Gasteiger partial charge in [0.2, 0.25) is 9.84 Å². The van der Waals surface area contributed by atoms with Crippen molar-refractivity contribution in [2.45, 2.75) is 24.4 Å². The van der Waals surface area contributed by atoms with Crippen LogP contribution in [0.1, 0.15) is 33.1 Å². The van der Waals surface area contributed by atoms with Crippen LogP contribution in [0.5, 0.6) is 0 Å². The van der Waals surface area contributed by atoms with Crippen molar-refractivity contribution in [1.82, 2.24) is 4.90 Å². The van der Waals surface area contributed by atoms with E-state index in [0.717, 1.165) is 5.56 Å². The van der Waals surface area contributed by atoms with Gasteiger partial charge in [-0.3, -0.25) is 4.79 Å². The number of hydrogen-bond acceptors (Lipinski definition) is 6. The molecule has 35 heavy (non-hydrogen) atoms. The van der Waals surface area contributed by atoms with Gasteiger partial charge in [0, 0.05) is 6.54 Å². The highest BCUT2D eigenvalue weighted by molar-refractivity contribution is 7.95. The average Bonchev–Trinajstić information content (AvgIpc) is 3.10. The molecule has 1 atom stereocenters. The number of sulfone groups is 1. The van der Waals surface area contributed by atoms with E-state index in [-0.39, 0.29) is 17.0 Å². The number of carbonyl (C=O) groups is 2. The summed E-state index contributed by atoms with van der Waals surface area (Å²) < 4.78 is 45.4. The molecule has 0 saturated carbocycles. The van der Waals surface area contributed by atoms with Gasteiger partial charge in [-0.1, -0.05) is 42.0 Å². The maximum Gasteiger partial charge on any atom is 0.337 e. The molecule has 3 aromatic rings. The monoisotopic (exact) mass is 495 g/mol. The van der Waals surface area contributed by atoms with Crippen molar-refractivity contribution in [3.63, 3.8) is 0 Å². The first-order valence-electron chi connectivity index (χ1n) is 10.6. The van der Waals surface area contributed by atoms with Gasteiger partial charge in [0.05, 0.1) is 23.6 Å². The lowest BCUT2D eigenvalue weighted by atomic mass is 10.0. The molecule has 1 aliphatic rings. The number of rotatable bonds is 6. The van der Waals surface area contributed by atoms with Crippen molar-refractivity contribution < 1.29 is 32.2 Å². The van der Waals surface area contributed by atoms with Crippen LogP contribution >= 0.6 is 0 Å². The zero-order chi connectivity index (χ0) is 25.3. The molecule has 0 bridgehead atoms. The van der Waals surface area contributed by atoms with E-state index in [1.807, 2.05) is 6.92 Å². The van der Waals surface area contributed by atoms with Crippen LogP contribution in [0.2, 0.25) is 0 Å². The number of aliphatic hydroxyl groups is 1. The summed E-state index contributed by atoms with van der Waals surface area (Å²) in [6.07, 6.45) is 0. The van der Waals surface area contributed by atoms with E-state index in [9.17, 15) is 27.5 Å². The molecule has 0 aromatic heterocycles. The van der Waals surface area contributed by atoms with Crippen LogP contribution in [0.3, 0.4) is 0 Å². The maximum absolute atomic E-state index is 13.6. The number of amides is 1. The second-order valence-corrected chi connectivity index (χ2v) is 10.0. The van der Waals surface area contributed by atoms with Crippen molar-refractivity contribution in [2.75, 3.05) is 7.11 Å². The Kier molecular flexibility index (Phi) is 6.45. The lowest BCUT2D eigenvalue weighted by Gasteiger charge is -2.27. The third kappa shape index (κ3) is 4.54. The lowest BCUT2D eigenvalue weighted by molar-refractivity contribution is -0.130. The molecule has 9 heteroatoms. The zero-order valence-electron chi connectivity index (χ0n) is 18.9. The van der Waals surface area contributed by atoms with Gasteiger partial charge in [0.25, 0.3) is 5.91 Å². The first kappa shape index (κ1) is 24.2. The van der Waals surface area contributed by atoms with Gasteiger partial charge in [-0.25, -0.2) is 17.6 Å². The number of nitrogens with zero attached hydrogens (tertiary/aromatic N) is 1. The standard InChI is InChI=1S/C26H22FNO6S/c1-16-3-13-21(14-4-16)35(32,33)24-22(18-7-9-19(10-8-18)26(31)34-2)28(25(30)23(24)29)15-17-5-11-20(27)12-6-17/h3-14,22,29H,15H2,1-2H3/t22-/m1/s1. The zero-order valence-corrected chi connectivity index (χ0v) is 19.8. The molecular weight excluding hydrogens is 473 g/mol. The first-order chi connectivity index (χ1) is 16.6. The van der Waals surface area contributed by atoms with Crippen molar-refractivity contribution >= 4 is 21.7 Å². The van der Waals surface area contributed by atoms with Gasteiger partial charge < -0.3 is 14.7 Å².